The van der Waals surface area contributed by atoms with Crippen molar-refractivity contribution in [3.8, 4) is 0 Å². The molecule has 7 heteroatoms. The number of methoxy groups -OCH3 is 1. The number of hydrogen-bond donors (Lipinski definition) is 1. The quantitative estimate of drug-likeness (QED) is 0.555. The minimum absolute atomic E-state index is 0.321. The van der Waals surface area contributed by atoms with Crippen molar-refractivity contribution in [1.82, 2.24) is 4.57 Å². The Hall–Kier alpha value is -3.35. The van der Waals surface area contributed by atoms with Crippen LogP contribution in [0.5, 0.6) is 0 Å². The van der Waals surface area contributed by atoms with E-state index in [-0.39, 0.29) is 0 Å². The molecule has 0 radical (unpaired) electrons. The van der Waals surface area contributed by atoms with Crippen LogP contribution in [-0.4, -0.2) is 36.1 Å². The summed E-state index contributed by atoms with van der Waals surface area (Å²) in [6.07, 6.45) is 5.43. The molecule has 1 amide bonds. The lowest BCUT2D eigenvalue weighted by Gasteiger charge is -2.10. The average Bonchev–Trinajstić information content (AvgIpc) is 3.51. The first-order valence-corrected chi connectivity index (χ1v) is 9.82. The molecule has 1 N–H and O–H groups in total. The van der Waals surface area contributed by atoms with Gasteiger partial charge in [-0.15, -0.1) is 0 Å². The van der Waals surface area contributed by atoms with Gasteiger partial charge in [0.15, 0.2) is 6.61 Å². The summed E-state index contributed by atoms with van der Waals surface area (Å²) in [6, 6.07) is 7.46. The van der Waals surface area contributed by atoms with Gasteiger partial charge in [0.2, 0.25) is 0 Å². The highest BCUT2D eigenvalue weighted by Crippen LogP contribution is 2.38. The molecule has 1 saturated carbocycles. The molecule has 1 aromatic carbocycles. The van der Waals surface area contributed by atoms with Gasteiger partial charge < -0.3 is 19.4 Å². The zero-order valence-electron chi connectivity index (χ0n) is 17.7. The molecule has 1 aromatic heterocycles. The Morgan fingerprint density at radius 1 is 1.17 bits per heavy atom. The van der Waals surface area contributed by atoms with Gasteiger partial charge in [-0.1, -0.05) is 6.07 Å². The van der Waals surface area contributed by atoms with E-state index < -0.39 is 24.5 Å². The molecule has 0 unspecified atom stereocenters. The summed E-state index contributed by atoms with van der Waals surface area (Å²) in [5, 5.41) is 2.65. The summed E-state index contributed by atoms with van der Waals surface area (Å²) >= 11 is 0. The van der Waals surface area contributed by atoms with E-state index in [2.05, 4.69) is 21.5 Å². The van der Waals surface area contributed by atoms with Gasteiger partial charge in [0.1, 0.15) is 0 Å². The fourth-order valence-electron chi connectivity index (χ4n) is 3.40. The highest BCUT2D eigenvalue weighted by molar-refractivity contribution is 5.97. The van der Waals surface area contributed by atoms with Gasteiger partial charge in [0.05, 0.1) is 12.7 Å². The predicted molar refractivity (Wildman–Crippen MR) is 113 cm³/mol. The number of ether oxygens (including phenoxy) is 2. The number of carbonyl (C=O) groups is 3. The van der Waals surface area contributed by atoms with Crippen LogP contribution in [0.4, 0.5) is 5.69 Å². The Morgan fingerprint density at radius 2 is 1.90 bits per heavy atom. The maximum Gasteiger partial charge on any atom is 0.337 e. The number of aryl methyl sites for hydroxylation is 2. The first kappa shape index (κ1) is 21.4. The van der Waals surface area contributed by atoms with E-state index >= 15 is 0 Å². The van der Waals surface area contributed by atoms with E-state index in [1.54, 1.807) is 25.1 Å². The molecule has 7 nitrogen and oxygen atoms in total. The van der Waals surface area contributed by atoms with Crippen molar-refractivity contribution in [2.75, 3.05) is 19.0 Å². The molecule has 1 aliphatic carbocycles. The number of aromatic nitrogens is 1. The van der Waals surface area contributed by atoms with Crippen LogP contribution in [0.2, 0.25) is 0 Å². The standard InChI is InChI=1S/C23H26N2O5/c1-14-5-6-18(23(28)29-4)12-20(14)24-21(26)13-30-22(27)10-7-17-11-15(2)25(16(17)3)19-8-9-19/h5-7,10-12,19H,8-9,13H2,1-4H3,(H,24,26)/b10-7+. The number of rotatable bonds is 7. The van der Waals surface area contributed by atoms with E-state index in [0.29, 0.717) is 17.3 Å². The number of amides is 1. The van der Waals surface area contributed by atoms with Crippen LogP contribution in [0.1, 0.15) is 51.8 Å². The van der Waals surface area contributed by atoms with Crippen molar-refractivity contribution in [2.45, 2.75) is 39.7 Å². The van der Waals surface area contributed by atoms with Crippen LogP contribution in [0.25, 0.3) is 6.08 Å². The molecule has 0 atom stereocenters. The lowest BCUT2D eigenvalue weighted by molar-refractivity contribution is -0.142. The molecule has 1 heterocycles. The zero-order chi connectivity index (χ0) is 21.8. The van der Waals surface area contributed by atoms with E-state index in [0.717, 1.165) is 16.8 Å². The fourth-order valence-corrected chi connectivity index (χ4v) is 3.40. The van der Waals surface area contributed by atoms with Gasteiger partial charge in [-0.25, -0.2) is 9.59 Å². The smallest absolute Gasteiger partial charge is 0.337 e. The Bertz CT molecular complexity index is 1010. The lowest BCUT2D eigenvalue weighted by atomic mass is 10.1. The van der Waals surface area contributed by atoms with E-state index in [1.165, 1.54) is 37.8 Å². The second-order valence-electron chi connectivity index (χ2n) is 7.44. The summed E-state index contributed by atoms with van der Waals surface area (Å²) in [4.78, 5) is 35.8. The largest absolute Gasteiger partial charge is 0.465 e. The number of nitrogens with one attached hydrogen (secondary N) is 1. The molecule has 0 bridgehead atoms. The molecule has 3 rings (SSSR count). The number of hydrogen-bond acceptors (Lipinski definition) is 5. The van der Waals surface area contributed by atoms with E-state index in [9.17, 15) is 14.4 Å². The Kier molecular flexibility index (Phi) is 6.40. The van der Waals surface area contributed by atoms with Gasteiger partial charge in [0.25, 0.3) is 5.91 Å². The van der Waals surface area contributed by atoms with Crippen LogP contribution < -0.4 is 5.32 Å². The first-order chi connectivity index (χ1) is 14.3. The summed E-state index contributed by atoms with van der Waals surface area (Å²) in [6.45, 7) is 5.47. The van der Waals surface area contributed by atoms with Crippen LogP contribution in [0, 0.1) is 20.8 Å². The van der Waals surface area contributed by atoms with Crippen molar-refractivity contribution in [3.63, 3.8) is 0 Å². The minimum atomic E-state index is -0.596. The maximum atomic E-state index is 12.1. The van der Waals surface area contributed by atoms with E-state index in [1.807, 2.05) is 13.0 Å². The van der Waals surface area contributed by atoms with Gasteiger partial charge in [-0.3, -0.25) is 4.79 Å². The molecule has 158 valence electrons. The molecule has 1 fully saturated rings. The maximum absolute atomic E-state index is 12.1. The van der Waals surface area contributed by atoms with Crippen LogP contribution in [0.15, 0.2) is 30.3 Å². The summed E-state index contributed by atoms with van der Waals surface area (Å²) in [5.41, 5.74) is 4.82. The highest BCUT2D eigenvalue weighted by Gasteiger charge is 2.26. The normalized spacial score (nSPS) is 13.3. The van der Waals surface area contributed by atoms with E-state index in [4.69, 9.17) is 4.74 Å². The summed E-state index contributed by atoms with van der Waals surface area (Å²) in [5.74, 6) is -1.58. The topological polar surface area (TPSA) is 86.6 Å². The number of nitrogens with zero attached hydrogens (tertiary/aromatic N) is 1. The molecule has 1 aliphatic rings. The zero-order valence-corrected chi connectivity index (χ0v) is 17.7. The van der Waals surface area contributed by atoms with Gasteiger partial charge in [-0.05, 0) is 69.0 Å². The second kappa shape index (κ2) is 8.98. The molecule has 30 heavy (non-hydrogen) atoms. The van der Waals surface area contributed by atoms with Crippen LogP contribution in [-0.2, 0) is 19.1 Å². The highest BCUT2D eigenvalue weighted by atomic mass is 16.5. The number of benzene rings is 1. The Labute approximate surface area is 175 Å². The molecule has 0 saturated heterocycles. The summed E-state index contributed by atoms with van der Waals surface area (Å²) in [7, 11) is 1.29. The third-order valence-electron chi connectivity index (χ3n) is 5.11. The number of anilines is 1. The predicted octanol–water partition coefficient (Wildman–Crippen LogP) is 3.73. The van der Waals surface area contributed by atoms with Crippen molar-refractivity contribution < 1.29 is 23.9 Å². The third-order valence-corrected chi connectivity index (χ3v) is 5.11. The summed E-state index contributed by atoms with van der Waals surface area (Å²) < 4.78 is 12.0. The van der Waals surface area contributed by atoms with Crippen molar-refractivity contribution in [2.24, 2.45) is 0 Å². The molecule has 2 aromatic rings. The Balaban J connectivity index is 1.55. The SMILES string of the molecule is COC(=O)c1ccc(C)c(NC(=O)COC(=O)/C=C/c2cc(C)n(C3CC3)c2C)c1. The molecular formula is C23H26N2O5. The molecule has 0 aliphatic heterocycles. The van der Waals surface area contributed by atoms with Crippen molar-refractivity contribution >= 4 is 29.6 Å². The van der Waals surface area contributed by atoms with Gasteiger partial charge in [0, 0.05) is 29.2 Å². The van der Waals surface area contributed by atoms with Crippen LogP contribution >= 0.6 is 0 Å². The Morgan fingerprint density at radius 3 is 2.57 bits per heavy atom. The average molecular weight is 410 g/mol. The third kappa shape index (κ3) is 4.97. The number of esters is 2. The van der Waals surface area contributed by atoms with Crippen molar-refractivity contribution in [3.05, 3.63) is 58.4 Å². The fraction of sp³-hybridized carbons (Fsp3) is 0.348. The molecular weight excluding hydrogens is 384 g/mol. The van der Waals surface area contributed by atoms with Crippen LogP contribution in [0.3, 0.4) is 0 Å². The molecule has 0 spiro atoms. The first-order valence-electron chi connectivity index (χ1n) is 9.82. The lowest BCUT2D eigenvalue weighted by Crippen LogP contribution is -2.21. The monoisotopic (exact) mass is 410 g/mol. The minimum Gasteiger partial charge on any atom is -0.465 e. The second-order valence-corrected chi connectivity index (χ2v) is 7.44. The van der Waals surface area contributed by atoms with Gasteiger partial charge in [-0.2, -0.15) is 0 Å². The van der Waals surface area contributed by atoms with Crippen molar-refractivity contribution in [1.29, 1.82) is 0 Å². The van der Waals surface area contributed by atoms with Gasteiger partial charge >= 0.3 is 11.9 Å². The number of carbonyl (C=O) groups excluding carboxylic acids is 3.